The summed E-state index contributed by atoms with van der Waals surface area (Å²) in [5.74, 6) is -5.31. The molecule has 0 aliphatic rings. The van der Waals surface area contributed by atoms with Crippen LogP contribution in [0.2, 0.25) is 0 Å². The topological polar surface area (TPSA) is 34.1 Å². The van der Waals surface area contributed by atoms with Crippen LogP contribution in [0.5, 0.6) is 0 Å². The molecule has 0 saturated heterocycles. The van der Waals surface area contributed by atoms with E-state index in [0.717, 1.165) is 11.3 Å². The molecule has 0 atom stereocenters. The lowest BCUT2D eigenvalue weighted by atomic mass is 10.1. The van der Waals surface area contributed by atoms with Gasteiger partial charge in [0.05, 0.1) is 11.3 Å². The van der Waals surface area contributed by atoms with Crippen LogP contribution < -0.4 is 0 Å². The highest BCUT2D eigenvalue weighted by atomic mass is 32.1. The maximum absolute atomic E-state index is 12.4. The van der Waals surface area contributed by atoms with Gasteiger partial charge in [-0.1, -0.05) is 6.07 Å². The molecule has 1 aromatic rings. The molecular formula is C9H8F2O2S. The molecule has 0 unspecified atom stereocenters. The normalized spacial score (nSPS) is 11.4. The highest BCUT2D eigenvalue weighted by Gasteiger charge is 2.33. The number of ketones is 2. The average Bonchev–Trinajstić information content (AvgIpc) is 2.53. The van der Waals surface area contributed by atoms with Crippen LogP contribution in [-0.4, -0.2) is 17.5 Å². The summed E-state index contributed by atoms with van der Waals surface area (Å²) in [5.41, 5.74) is 0. The van der Waals surface area contributed by atoms with E-state index in [2.05, 4.69) is 0 Å². The molecule has 0 amide bonds. The summed E-state index contributed by atoms with van der Waals surface area (Å²) in [6.07, 6.45) is -0.732. The summed E-state index contributed by atoms with van der Waals surface area (Å²) >= 11 is 1.14. The molecule has 0 aliphatic heterocycles. The lowest BCUT2D eigenvalue weighted by Gasteiger charge is -2.06. The number of rotatable bonds is 4. The SMILES string of the molecule is CC(F)(F)C(=O)CC(=O)c1cccs1. The van der Waals surface area contributed by atoms with Gasteiger partial charge in [0, 0.05) is 6.92 Å². The van der Waals surface area contributed by atoms with Gasteiger partial charge >= 0.3 is 5.92 Å². The maximum atomic E-state index is 12.4. The number of carbonyl (C=O) groups is 2. The molecular weight excluding hydrogens is 210 g/mol. The zero-order valence-electron chi connectivity index (χ0n) is 7.42. The van der Waals surface area contributed by atoms with Gasteiger partial charge in [-0.15, -0.1) is 11.3 Å². The van der Waals surface area contributed by atoms with Crippen LogP contribution in [0.25, 0.3) is 0 Å². The van der Waals surface area contributed by atoms with E-state index in [1.54, 1.807) is 11.4 Å². The van der Waals surface area contributed by atoms with Gasteiger partial charge in [-0.25, -0.2) is 0 Å². The van der Waals surface area contributed by atoms with E-state index in [1.807, 2.05) is 0 Å². The fourth-order valence-corrected chi connectivity index (χ4v) is 1.49. The molecule has 0 bridgehead atoms. The van der Waals surface area contributed by atoms with E-state index >= 15 is 0 Å². The first-order valence-corrected chi connectivity index (χ1v) is 4.77. The Kier molecular flexibility index (Phi) is 3.10. The summed E-state index contributed by atoms with van der Waals surface area (Å²) in [7, 11) is 0. The van der Waals surface area contributed by atoms with E-state index < -0.39 is 23.9 Å². The number of carbonyl (C=O) groups excluding carboxylic acids is 2. The summed E-state index contributed by atoms with van der Waals surface area (Å²) < 4.78 is 24.8. The molecule has 0 saturated carbocycles. The predicted octanol–water partition coefficient (Wildman–Crippen LogP) is 2.55. The second-order valence-corrected chi connectivity index (χ2v) is 3.84. The Bertz CT molecular complexity index is 338. The highest BCUT2D eigenvalue weighted by molar-refractivity contribution is 7.12. The first kappa shape index (κ1) is 11.0. The van der Waals surface area contributed by atoms with Gasteiger partial charge in [0.25, 0.3) is 0 Å². The molecule has 0 radical (unpaired) electrons. The fraction of sp³-hybridized carbons (Fsp3) is 0.333. The van der Waals surface area contributed by atoms with Gasteiger partial charge in [-0.05, 0) is 11.4 Å². The molecule has 1 rings (SSSR count). The number of halogens is 2. The Labute approximate surface area is 83.6 Å². The number of thiophene rings is 1. The van der Waals surface area contributed by atoms with Crippen LogP contribution in [0.3, 0.4) is 0 Å². The minimum Gasteiger partial charge on any atom is -0.293 e. The highest BCUT2D eigenvalue weighted by Crippen LogP contribution is 2.18. The Balaban J connectivity index is 2.63. The van der Waals surface area contributed by atoms with E-state index in [9.17, 15) is 18.4 Å². The Morgan fingerprint density at radius 2 is 2.14 bits per heavy atom. The van der Waals surface area contributed by atoms with Crippen molar-refractivity contribution in [3.8, 4) is 0 Å². The first-order chi connectivity index (χ1) is 6.41. The third-order valence-electron chi connectivity index (χ3n) is 1.61. The van der Waals surface area contributed by atoms with Gasteiger partial charge in [0.15, 0.2) is 5.78 Å². The van der Waals surface area contributed by atoms with Gasteiger partial charge in [-0.2, -0.15) is 8.78 Å². The van der Waals surface area contributed by atoms with Crippen molar-refractivity contribution >= 4 is 22.9 Å². The van der Waals surface area contributed by atoms with Crippen LogP contribution >= 0.6 is 11.3 Å². The first-order valence-electron chi connectivity index (χ1n) is 3.89. The molecule has 0 aliphatic carbocycles. The summed E-state index contributed by atoms with van der Waals surface area (Å²) in [4.78, 5) is 22.4. The minimum absolute atomic E-state index is 0.336. The van der Waals surface area contributed by atoms with Crippen LogP contribution in [0.15, 0.2) is 17.5 Å². The van der Waals surface area contributed by atoms with Gasteiger partial charge in [-0.3, -0.25) is 9.59 Å². The molecule has 0 N–H and O–H groups in total. The van der Waals surface area contributed by atoms with Crippen LogP contribution in [0.4, 0.5) is 8.78 Å². The van der Waals surface area contributed by atoms with Crippen molar-refractivity contribution in [2.24, 2.45) is 0 Å². The van der Waals surface area contributed by atoms with Gasteiger partial charge in [0.1, 0.15) is 0 Å². The Hall–Kier alpha value is -1.10. The van der Waals surface area contributed by atoms with Crippen LogP contribution in [0, 0.1) is 0 Å². The smallest absolute Gasteiger partial charge is 0.293 e. The largest absolute Gasteiger partial charge is 0.303 e. The number of hydrogen-bond donors (Lipinski definition) is 0. The molecule has 14 heavy (non-hydrogen) atoms. The molecule has 76 valence electrons. The quantitative estimate of drug-likeness (QED) is 0.575. The lowest BCUT2D eigenvalue weighted by molar-refractivity contribution is -0.139. The average molecular weight is 218 g/mol. The van der Waals surface area contributed by atoms with Gasteiger partial charge in [0.2, 0.25) is 5.78 Å². The third kappa shape index (κ3) is 2.70. The summed E-state index contributed by atoms with van der Waals surface area (Å²) in [5, 5.41) is 1.65. The second kappa shape index (κ2) is 3.96. The molecule has 0 spiro atoms. The van der Waals surface area contributed by atoms with E-state index in [1.165, 1.54) is 6.07 Å². The molecule has 2 nitrogen and oxygen atoms in total. The van der Waals surface area contributed by atoms with E-state index in [-0.39, 0.29) is 0 Å². The summed E-state index contributed by atoms with van der Waals surface area (Å²) in [6, 6.07) is 3.14. The predicted molar refractivity (Wildman–Crippen MR) is 48.9 cm³/mol. The lowest BCUT2D eigenvalue weighted by Crippen LogP contribution is -2.26. The second-order valence-electron chi connectivity index (χ2n) is 2.89. The minimum atomic E-state index is -3.42. The Morgan fingerprint density at radius 3 is 2.57 bits per heavy atom. The maximum Gasteiger partial charge on any atom is 0.303 e. The van der Waals surface area contributed by atoms with Crippen molar-refractivity contribution in [3.05, 3.63) is 22.4 Å². The Morgan fingerprint density at radius 1 is 1.50 bits per heavy atom. The number of Topliss-reactive ketones (excluding diaryl/α,β-unsaturated/α-hetero) is 2. The zero-order chi connectivity index (χ0) is 10.8. The van der Waals surface area contributed by atoms with Crippen molar-refractivity contribution in [3.63, 3.8) is 0 Å². The van der Waals surface area contributed by atoms with Gasteiger partial charge < -0.3 is 0 Å². The van der Waals surface area contributed by atoms with Crippen LogP contribution in [0.1, 0.15) is 23.0 Å². The van der Waals surface area contributed by atoms with E-state index in [0.29, 0.717) is 11.8 Å². The standard InChI is InChI=1S/C9H8F2O2S/c1-9(10,11)8(13)5-6(12)7-3-2-4-14-7/h2-4H,5H2,1H3. The van der Waals surface area contributed by atoms with Crippen molar-refractivity contribution < 1.29 is 18.4 Å². The van der Waals surface area contributed by atoms with Crippen molar-refractivity contribution in [2.45, 2.75) is 19.3 Å². The van der Waals surface area contributed by atoms with E-state index in [4.69, 9.17) is 0 Å². The third-order valence-corrected chi connectivity index (χ3v) is 2.52. The molecule has 1 aromatic heterocycles. The monoisotopic (exact) mass is 218 g/mol. The van der Waals surface area contributed by atoms with Crippen molar-refractivity contribution in [1.29, 1.82) is 0 Å². The van der Waals surface area contributed by atoms with Crippen LogP contribution in [-0.2, 0) is 4.79 Å². The molecule has 5 heteroatoms. The molecule has 0 aromatic carbocycles. The fourth-order valence-electron chi connectivity index (χ4n) is 0.825. The molecule has 0 fully saturated rings. The summed E-state index contributed by atoms with van der Waals surface area (Å²) in [6.45, 7) is 0.497. The molecule has 1 heterocycles. The van der Waals surface area contributed by atoms with Crippen molar-refractivity contribution in [2.75, 3.05) is 0 Å². The zero-order valence-corrected chi connectivity index (χ0v) is 8.24. The number of hydrogen-bond acceptors (Lipinski definition) is 3. The number of alkyl halides is 2. The van der Waals surface area contributed by atoms with Crippen molar-refractivity contribution in [1.82, 2.24) is 0 Å².